The summed E-state index contributed by atoms with van der Waals surface area (Å²) in [5.74, 6) is -1.61. The predicted octanol–water partition coefficient (Wildman–Crippen LogP) is 2.81. The number of carbonyl (C=O) groups excluding carboxylic acids is 1. The zero-order chi connectivity index (χ0) is 17.7. The van der Waals surface area contributed by atoms with Crippen molar-refractivity contribution >= 4 is 5.91 Å². The number of benzene rings is 1. The van der Waals surface area contributed by atoms with Gasteiger partial charge < -0.3 is 10.4 Å². The van der Waals surface area contributed by atoms with E-state index in [-0.39, 0.29) is 0 Å². The summed E-state index contributed by atoms with van der Waals surface area (Å²) in [6.45, 7) is 0.706. The summed E-state index contributed by atoms with van der Waals surface area (Å²) in [5, 5.41) is 11.9. The second-order valence-electron chi connectivity index (χ2n) is 5.33. The number of nitrogens with zero attached hydrogens (tertiary/aromatic N) is 1. The molecule has 2 rings (SSSR count). The van der Waals surface area contributed by atoms with Gasteiger partial charge in [-0.15, -0.1) is 0 Å². The third kappa shape index (κ3) is 4.32. The lowest BCUT2D eigenvalue weighted by atomic mass is 9.99. The van der Waals surface area contributed by atoms with Gasteiger partial charge in [-0.2, -0.15) is 8.78 Å². The first-order valence-electron chi connectivity index (χ1n) is 7.28. The van der Waals surface area contributed by atoms with E-state index in [4.69, 9.17) is 0 Å². The number of aryl methyl sites for hydroxylation is 1. The van der Waals surface area contributed by atoms with Gasteiger partial charge in [-0.1, -0.05) is 30.3 Å². The van der Waals surface area contributed by atoms with Gasteiger partial charge >= 0.3 is 6.43 Å². The van der Waals surface area contributed by atoms with Gasteiger partial charge in [-0.25, -0.2) is 4.39 Å². The van der Waals surface area contributed by atoms with Crippen LogP contribution in [-0.2, 0) is 4.79 Å². The Bertz CT molecular complexity index is 675. The van der Waals surface area contributed by atoms with Crippen LogP contribution in [0.2, 0.25) is 0 Å². The highest BCUT2D eigenvalue weighted by Crippen LogP contribution is 2.23. The summed E-state index contributed by atoms with van der Waals surface area (Å²) in [7, 11) is 0. The number of aliphatic hydroxyl groups is 1. The van der Waals surface area contributed by atoms with Crippen molar-refractivity contribution in [3.8, 4) is 11.1 Å². The average molecular weight is 338 g/mol. The topological polar surface area (TPSA) is 62.2 Å². The van der Waals surface area contributed by atoms with Gasteiger partial charge in [0.2, 0.25) is 0 Å². The largest absolute Gasteiger partial charge is 0.386 e. The number of rotatable bonds is 6. The Morgan fingerprint density at radius 3 is 2.29 bits per heavy atom. The summed E-state index contributed by atoms with van der Waals surface area (Å²) in [4.78, 5) is 15.2. The highest BCUT2D eigenvalue weighted by molar-refractivity contribution is 5.79. The first-order valence-corrected chi connectivity index (χ1v) is 7.28. The highest BCUT2D eigenvalue weighted by atomic mass is 19.3. The predicted molar refractivity (Wildman–Crippen MR) is 83.3 cm³/mol. The van der Waals surface area contributed by atoms with E-state index in [9.17, 15) is 23.1 Å². The Kier molecular flexibility index (Phi) is 5.92. The molecule has 0 fully saturated rings. The molecule has 0 radical (unpaired) electrons. The first kappa shape index (κ1) is 17.9. The molecule has 2 aromatic rings. The normalized spacial score (nSPS) is 13.6. The fourth-order valence-electron chi connectivity index (χ4n) is 2.19. The monoisotopic (exact) mass is 338 g/mol. The van der Waals surface area contributed by atoms with Gasteiger partial charge in [-0.3, -0.25) is 9.78 Å². The molecule has 0 bridgehead atoms. The lowest BCUT2D eigenvalue weighted by molar-refractivity contribution is -0.133. The number of pyridine rings is 1. The lowest BCUT2D eigenvalue weighted by Crippen LogP contribution is -2.43. The van der Waals surface area contributed by atoms with Crippen LogP contribution < -0.4 is 5.32 Å². The van der Waals surface area contributed by atoms with Crippen LogP contribution in [0.15, 0.2) is 42.6 Å². The van der Waals surface area contributed by atoms with Gasteiger partial charge in [0.1, 0.15) is 12.8 Å². The molecule has 1 amide bonds. The van der Waals surface area contributed by atoms with Crippen LogP contribution in [-0.4, -0.2) is 35.1 Å². The molecule has 4 nitrogen and oxygen atoms in total. The minimum atomic E-state index is -3.26. The van der Waals surface area contributed by atoms with Gasteiger partial charge in [-0.05, 0) is 24.1 Å². The fraction of sp³-hybridized carbons (Fsp3) is 0.294. The van der Waals surface area contributed by atoms with Gasteiger partial charge in [0.05, 0.1) is 6.04 Å². The molecule has 1 aromatic carbocycles. The number of hydrogen-bond donors (Lipinski definition) is 2. The molecule has 0 aliphatic heterocycles. The molecule has 0 saturated carbocycles. The minimum absolute atomic E-state index is 0.316. The summed E-state index contributed by atoms with van der Waals surface area (Å²) in [6, 6.07) is 8.83. The van der Waals surface area contributed by atoms with Crippen LogP contribution >= 0.6 is 0 Å². The number of hydrogen-bond acceptors (Lipinski definition) is 3. The van der Waals surface area contributed by atoms with Crippen molar-refractivity contribution in [3.63, 3.8) is 0 Å². The highest BCUT2D eigenvalue weighted by Gasteiger charge is 2.26. The van der Waals surface area contributed by atoms with Crippen LogP contribution in [0.3, 0.4) is 0 Å². The number of aromatic nitrogens is 1. The van der Waals surface area contributed by atoms with E-state index in [2.05, 4.69) is 4.98 Å². The van der Waals surface area contributed by atoms with E-state index in [1.54, 1.807) is 35.8 Å². The van der Waals surface area contributed by atoms with Crippen LogP contribution in [0.4, 0.5) is 13.2 Å². The Hall–Kier alpha value is -2.41. The second kappa shape index (κ2) is 7.92. The Labute approximate surface area is 137 Å². The van der Waals surface area contributed by atoms with E-state index in [0.717, 1.165) is 16.8 Å². The molecule has 0 saturated heterocycles. The molecule has 24 heavy (non-hydrogen) atoms. The van der Waals surface area contributed by atoms with Crippen molar-refractivity contribution in [1.29, 1.82) is 0 Å². The number of aliphatic hydroxyl groups excluding tert-OH is 1. The number of nitrogens with one attached hydrogen (secondary N) is 1. The van der Waals surface area contributed by atoms with Crippen molar-refractivity contribution in [2.24, 2.45) is 0 Å². The van der Waals surface area contributed by atoms with Crippen LogP contribution in [0.5, 0.6) is 0 Å². The standard InChI is InChI=1S/C17H17F3N2O2/c1-10-2-3-13(9-21-10)11-4-6-12(7-5-11)15(23)14(8-18)22-17(24)16(19)20/h2-7,9,14-16,23H,8H2,1H3,(H,22,24). The zero-order valence-corrected chi connectivity index (χ0v) is 12.9. The summed E-state index contributed by atoms with van der Waals surface area (Å²) in [5.41, 5.74) is 2.91. The Morgan fingerprint density at radius 1 is 1.17 bits per heavy atom. The molecule has 2 atom stereocenters. The van der Waals surface area contributed by atoms with E-state index in [1.165, 1.54) is 0 Å². The van der Waals surface area contributed by atoms with E-state index < -0.39 is 31.2 Å². The quantitative estimate of drug-likeness (QED) is 0.851. The Balaban J connectivity index is 2.13. The van der Waals surface area contributed by atoms with Gasteiger partial charge in [0.15, 0.2) is 0 Å². The SMILES string of the molecule is Cc1ccc(-c2ccc(C(O)C(CF)NC(=O)C(F)F)cc2)cn1. The van der Waals surface area contributed by atoms with Crippen LogP contribution in [0.1, 0.15) is 17.4 Å². The van der Waals surface area contributed by atoms with Crippen molar-refractivity contribution < 1.29 is 23.1 Å². The third-order valence-corrected chi connectivity index (χ3v) is 3.57. The maximum atomic E-state index is 13.0. The lowest BCUT2D eigenvalue weighted by Gasteiger charge is -2.22. The first-order chi connectivity index (χ1) is 11.4. The van der Waals surface area contributed by atoms with Crippen molar-refractivity contribution in [2.45, 2.75) is 25.5 Å². The number of amides is 1. The van der Waals surface area contributed by atoms with E-state index >= 15 is 0 Å². The maximum Gasteiger partial charge on any atom is 0.315 e. The van der Waals surface area contributed by atoms with E-state index in [1.807, 2.05) is 19.1 Å². The zero-order valence-electron chi connectivity index (χ0n) is 12.9. The van der Waals surface area contributed by atoms with Gasteiger partial charge in [0.25, 0.3) is 5.91 Å². The molecule has 7 heteroatoms. The van der Waals surface area contributed by atoms with E-state index in [0.29, 0.717) is 5.56 Å². The molecule has 0 aliphatic rings. The Morgan fingerprint density at radius 2 is 1.79 bits per heavy atom. The van der Waals surface area contributed by atoms with Crippen LogP contribution in [0.25, 0.3) is 11.1 Å². The fourth-order valence-corrected chi connectivity index (χ4v) is 2.19. The maximum absolute atomic E-state index is 13.0. The number of halogens is 3. The number of alkyl halides is 3. The molecule has 0 aliphatic carbocycles. The van der Waals surface area contributed by atoms with Crippen LogP contribution in [0, 0.1) is 6.92 Å². The van der Waals surface area contributed by atoms with Crippen molar-refractivity contribution in [3.05, 3.63) is 53.9 Å². The summed E-state index contributed by atoms with van der Waals surface area (Å²) >= 11 is 0. The molecule has 1 heterocycles. The van der Waals surface area contributed by atoms with Gasteiger partial charge in [0, 0.05) is 17.5 Å². The van der Waals surface area contributed by atoms with Crippen molar-refractivity contribution in [1.82, 2.24) is 10.3 Å². The molecule has 2 unspecified atom stereocenters. The molecular weight excluding hydrogens is 321 g/mol. The van der Waals surface area contributed by atoms with Crippen molar-refractivity contribution in [2.75, 3.05) is 6.67 Å². The number of carbonyl (C=O) groups is 1. The molecular formula is C17H17F3N2O2. The third-order valence-electron chi connectivity index (χ3n) is 3.57. The molecule has 128 valence electrons. The molecule has 0 spiro atoms. The summed E-state index contributed by atoms with van der Waals surface area (Å²) < 4.78 is 37.4. The molecule has 1 aromatic heterocycles. The molecule has 2 N–H and O–H groups in total. The minimum Gasteiger partial charge on any atom is -0.386 e. The second-order valence-corrected chi connectivity index (χ2v) is 5.33. The summed E-state index contributed by atoms with van der Waals surface area (Å²) in [6.07, 6.45) is -2.99. The smallest absolute Gasteiger partial charge is 0.315 e. The average Bonchev–Trinajstić information content (AvgIpc) is 2.59.